The predicted octanol–water partition coefficient (Wildman–Crippen LogP) is 3.53. The molecule has 11 atom stereocenters. The first-order chi connectivity index (χ1) is 34.5. The lowest BCUT2D eigenvalue weighted by Crippen LogP contribution is -2.82. The van der Waals surface area contributed by atoms with E-state index in [-0.39, 0.29) is 35.6 Å². The Kier molecular flexibility index (Phi) is 15.3. The fourth-order valence-electron chi connectivity index (χ4n) is 11.0. The van der Waals surface area contributed by atoms with Gasteiger partial charge in [-0.3, -0.25) is 19.2 Å². The van der Waals surface area contributed by atoms with Gasteiger partial charge < -0.3 is 59.0 Å². The number of esters is 4. The molecule has 0 spiro atoms. The molecule has 1 amide bonds. The van der Waals surface area contributed by atoms with Crippen molar-refractivity contribution < 1.29 is 87.0 Å². The lowest BCUT2D eigenvalue weighted by Gasteiger charge is -2.67. The van der Waals surface area contributed by atoms with Crippen LogP contribution in [0.3, 0.4) is 0 Å². The van der Waals surface area contributed by atoms with Crippen LogP contribution in [0.5, 0.6) is 5.88 Å². The normalized spacial score (nSPS) is 28.4. The Balaban J connectivity index is 0.00000188. The second-order valence-electron chi connectivity index (χ2n) is 19.4. The number of fused-ring (bicyclic) bond motifs is 5. The number of aromatic nitrogens is 1. The zero-order chi connectivity index (χ0) is 53.2. The number of carboxylic acid groups (broad SMARTS) is 2. The molecule has 2 saturated carbocycles. The highest BCUT2D eigenvalue weighted by Crippen LogP contribution is 2.64. The third kappa shape index (κ3) is 10.0. The van der Waals surface area contributed by atoms with Crippen molar-refractivity contribution in [3.63, 3.8) is 0 Å². The number of aryl methyl sites for hydroxylation is 1. The molecule has 2 heterocycles. The van der Waals surface area contributed by atoms with Crippen molar-refractivity contribution in [2.45, 2.75) is 108 Å². The minimum atomic E-state index is -2.39. The highest BCUT2D eigenvalue weighted by molar-refractivity contribution is 5.96. The molecule has 1 aliphatic heterocycles. The first-order valence-corrected chi connectivity index (χ1v) is 23.5. The van der Waals surface area contributed by atoms with E-state index in [1.165, 1.54) is 26.0 Å². The number of aliphatic hydroxyl groups is 2. The predicted molar refractivity (Wildman–Crippen MR) is 252 cm³/mol. The fraction of sp³-hybridized carbons (Fsp3) is 0.407. The Morgan fingerprint density at radius 2 is 1.40 bits per heavy atom. The van der Waals surface area contributed by atoms with Crippen LogP contribution in [0.4, 0.5) is 4.79 Å². The molecule has 4 aliphatic rings. The van der Waals surface area contributed by atoms with Crippen LogP contribution >= 0.6 is 0 Å². The van der Waals surface area contributed by atoms with E-state index >= 15 is 9.59 Å². The van der Waals surface area contributed by atoms with Crippen LogP contribution < -0.4 is 19.7 Å². The van der Waals surface area contributed by atoms with E-state index in [4.69, 9.17) is 43.4 Å². The van der Waals surface area contributed by atoms with Gasteiger partial charge in [-0.05, 0) is 60.9 Å². The van der Waals surface area contributed by atoms with E-state index in [9.17, 15) is 29.4 Å². The van der Waals surface area contributed by atoms with Gasteiger partial charge in [0.1, 0.15) is 37.0 Å². The van der Waals surface area contributed by atoms with E-state index in [0.29, 0.717) is 11.1 Å². The number of carbonyl (C=O) groups excluding carboxylic acids is 6. The van der Waals surface area contributed by atoms with Gasteiger partial charge in [-0.2, -0.15) is 4.57 Å². The van der Waals surface area contributed by atoms with Gasteiger partial charge in [0.25, 0.3) is 5.91 Å². The van der Waals surface area contributed by atoms with Gasteiger partial charge in [0.2, 0.25) is 12.3 Å². The van der Waals surface area contributed by atoms with Gasteiger partial charge in [0.05, 0.1) is 35.7 Å². The van der Waals surface area contributed by atoms with Crippen LogP contribution in [-0.4, -0.2) is 111 Å². The summed E-state index contributed by atoms with van der Waals surface area (Å²) in [5.74, 6) is -6.29. The van der Waals surface area contributed by atoms with Gasteiger partial charge in [-0.1, -0.05) is 80.6 Å². The van der Waals surface area contributed by atoms with Crippen LogP contribution in [0.1, 0.15) is 86.7 Å². The number of nitrogens with one attached hydrogen (secondary N) is 1. The quantitative estimate of drug-likeness (QED) is 0.0684. The average molecular weight is 1010 g/mol. The van der Waals surface area contributed by atoms with Crippen molar-refractivity contribution in [1.82, 2.24) is 5.32 Å². The molecule has 3 aliphatic carbocycles. The van der Waals surface area contributed by atoms with Crippen LogP contribution in [0, 0.1) is 16.7 Å². The number of ether oxygens (including phenoxy) is 6. The second kappa shape index (κ2) is 20.9. The molecule has 19 nitrogen and oxygen atoms in total. The number of hydrogen-bond donors (Lipinski definition) is 4. The summed E-state index contributed by atoms with van der Waals surface area (Å²) in [6.45, 7) is 8.17. The van der Waals surface area contributed by atoms with Gasteiger partial charge >= 0.3 is 29.8 Å². The molecular formula is C54H58N2O17. The number of nitrogens with zero attached hydrogens (tertiary/aromatic N) is 1. The van der Waals surface area contributed by atoms with Gasteiger partial charge in [0, 0.05) is 43.7 Å². The maximum absolute atomic E-state index is 15.7. The largest absolute Gasteiger partial charge is 0.565 e. The SMILES string of the molecule is CC(=O)O[C@H]1C(=O)[C@@]2(C)C([C@H](OC(=O)c3ccccc3)[C@]3(O)C[C@H](OC(=O)[C@H](Oc4cccc[n+]4C)[C@@H](NC(=O)c4ccccc4)c4ccccc4)C(C)=C1C3(C)C)[C@]1(OC(C)=O)CO[C@@H]1C[C@@H]2O.O=C([O-])O. The van der Waals surface area contributed by atoms with E-state index in [0.717, 1.165) is 6.92 Å². The zero-order valence-electron chi connectivity index (χ0n) is 41.2. The van der Waals surface area contributed by atoms with Crippen LogP contribution in [0.2, 0.25) is 0 Å². The van der Waals surface area contributed by atoms with Crippen molar-refractivity contribution in [2.75, 3.05) is 6.61 Å². The number of carbonyl (C=O) groups is 7. The topological polar surface area (TPSA) is 275 Å². The number of hydrogen-bond acceptors (Lipinski definition) is 16. The summed E-state index contributed by atoms with van der Waals surface area (Å²) in [5, 5.41) is 44.5. The molecule has 386 valence electrons. The first-order valence-electron chi connectivity index (χ1n) is 23.5. The molecule has 2 bridgehead atoms. The van der Waals surface area contributed by atoms with Crippen molar-refractivity contribution in [2.24, 2.45) is 23.8 Å². The molecule has 1 unspecified atom stereocenters. The maximum atomic E-state index is 15.7. The Bertz CT molecular complexity index is 2780. The minimum absolute atomic E-state index is 0.0271. The number of pyridine rings is 1. The fourth-order valence-corrected chi connectivity index (χ4v) is 11.0. The lowest BCUT2D eigenvalue weighted by molar-refractivity contribution is -0.677. The number of aliphatic hydroxyl groups excluding tert-OH is 1. The highest BCUT2D eigenvalue weighted by atomic mass is 16.6. The van der Waals surface area contributed by atoms with Crippen LogP contribution in [0.25, 0.3) is 0 Å². The Morgan fingerprint density at radius 1 is 0.822 bits per heavy atom. The Labute approximate surface area is 420 Å². The third-order valence-corrected chi connectivity index (χ3v) is 14.7. The Hall–Kier alpha value is -7.48. The molecule has 1 aromatic heterocycles. The van der Waals surface area contributed by atoms with Gasteiger partial charge in [-0.25, -0.2) is 9.59 Å². The lowest BCUT2D eigenvalue weighted by atomic mass is 9.44. The molecule has 73 heavy (non-hydrogen) atoms. The molecule has 0 radical (unpaired) electrons. The average Bonchev–Trinajstić information content (AvgIpc) is 3.34. The summed E-state index contributed by atoms with van der Waals surface area (Å²) in [6.07, 6.45) is -10.4. The number of Topliss-reactive ketones (excluding diaryl/α,β-unsaturated/α-hetero) is 1. The van der Waals surface area contributed by atoms with Crippen LogP contribution in [-0.2, 0) is 49.9 Å². The molecular weight excluding hydrogens is 949 g/mol. The molecule has 19 heteroatoms. The molecule has 4 N–H and O–H groups in total. The summed E-state index contributed by atoms with van der Waals surface area (Å²) >= 11 is 0. The van der Waals surface area contributed by atoms with Gasteiger partial charge in [-0.15, -0.1) is 0 Å². The maximum Gasteiger partial charge on any atom is 0.368 e. The van der Waals surface area contributed by atoms with Crippen molar-refractivity contribution in [3.05, 3.63) is 143 Å². The highest BCUT2D eigenvalue weighted by Gasteiger charge is 2.78. The van der Waals surface area contributed by atoms with Crippen molar-refractivity contribution >= 4 is 41.7 Å². The molecule has 8 rings (SSSR count). The van der Waals surface area contributed by atoms with E-state index in [1.54, 1.807) is 136 Å². The second-order valence-corrected chi connectivity index (χ2v) is 19.4. The summed E-state index contributed by atoms with van der Waals surface area (Å²) in [6, 6.07) is 28.9. The molecule has 3 fully saturated rings. The number of rotatable bonds is 12. The monoisotopic (exact) mass is 1010 g/mol. The van der Waals surface area contributed by atoms with E-state index < -0.39 is 119 Å². The number of amides is 1. The summed E-state index contributed by atoms with van der Waals surface area (Å²) < 4.78 is 39.3. The van der Waals surface area contributed by atoms with Crippen LogP contribution in [0.15, 0.2) is 127 Å². The van der Waals surface area contributed by atoms with Gasteiger partial charge in [0.15, 0.2) is 23.7 Å². The zero-order valence-corrected chi connectivity index (χ0v) is 41.2. The Morgan fingerprint density at radius 3 is 1.95 bits per heavy atom. The number of ketones is 1. The smallest absolute Gasteiger partial charge is 0.368 e. The molecule has 1 saturated heterocycles. The van der Waals surface area contributed by atoms with E-state index in [2.05, 4.69) is 5.32 Å². The van der Waals surface area contributed by atoms with Crippen molar-refractivity contribution in [1.29, 1.82) is 0 Å². The van der Waals surface area contributed by atoms with Crippen molar-refractivity contribution in [3.8, 4) is 5.88 Å². The molecule has 3 aromatic carbocycles. The standard InChI is InChI=1S/C53H56N2O14.CH2O3/c1-30-36(66-49(62)43(67-39-25-17-18-26-55(39)7)41(33-19-11-8-12-20-33)54-47(60)34-21-13-9-14-22-34)28-53(63)46(68-48(61)35-23-15-10-16-24-35)44-51(6,37(58)27-38-52(44,29-64-38)69-32(3)57)45(59)42(65-31(2)56)40(30)50(53,4)5;2-1(3)4/h8-26,36-38,41-44,46,58,63H,27-29H2,1-7H3;(H2,2,3,4)/t36-,37-,38+,41-,42+,43+,44?,46-,51+,52-,53+;/m0./s1. The third-order valence-electron chi connectivity index (χ3n) is 14.7. The summed E-state index contributed by atoms with van der Waals surface area (Å²) in [7, 11) is 1.71. The first kappa shape index (κ1) is 53.3. The number of benzene rings is 3. The minimum Gasteiger partial charge on any atom is -0.565 e. The summed E-state index contributed by atoms with van der Waals surface area (Å²) in [4.78, 5) is 94.3. The molecule has 4 aromatic rings. The van der Waals surface area contributed by atoms with E-state index in [1.807, 2.05) is 0 Å². The summed E-state index contributed by atoms with van der Waals surface area (Å²) in [5.41, 5.74) is -6.80.